The molecule has 7 heteroatoms. The van der Waals surface area contributed by atoms with Crippen molar-refractivity contribution in [1.82, 2.24) is 25.0 Å². The minimum absolute atomic E-state index is 0.0751. The summed E-state index contributed by atoms with van der Waals surface area (Å²) in [7, 11) is 0. The molecule has 3 aliphatic rings. The van der Waals surface area contributed by atoms with Crippen molar-refractivity contribution in [2.24, 2.45) is 5.92 Å². The molecule has 132 valence electrons. The van der Waals surface area contributed by atoms with Gasteiger partial charge < -0.3 is 4.90 Å². The van der Waals surface area contributed by atoms with Gasteiger partial charge in [0.25, 0.3) is 0 Å². The highest BCUT2D eigenvalue weighted by molar-refractivity contribution is 5.80. The molecule has 3 heterocycles. The van der Waals surface area contributed by atoms with E-state index < -0.39 is 0 Å². The summed E-state index contributed by atoms with van der Waals surface area (Å²) in [6.45, 7) is 2.59. The summed E-state index contributed by atoms with van der Waals surface area (Å²) in [5, 5.41) is 6.49. The Balaban J connectivity index is 1.39. The predicted octanol–water partition coefficient (Wildman–Crippen LogP) is 1.42. The van der Waals surface area contributed by atoms with Crippen LogP contribution in [0.15, 0.2) is 4.79 Å². The zero-order chi connectivity index (χ0) is 16.5. The minimum Gasteiger partial charge on any atom is -0.332 e. The third-order valence-electron chi connectivity index (χ3n) is 5.97. The molecule has 0 unspecified atom stereocenters. The molecule has 1 saturated carbocycles. The maximum atomic E-state index is 13.0. The third kappa shape index (κ3) is 3.01. The highest BCUT2D eigenvalue weighted by Gasteiger charge is 2.41. The monoisotopic (exact) mass is 333 g/mol. The molecule has 1 atom stereocenters. The van der Waals surface area contributed by atoms with Crippen LogP contribution in [0.3, 0.4) is 0 Å². The molecule has 2 saturated heterocycles. The highest BCUT2D eigenvalue weighted by atomic mass is 16.2. The fourth-order valence-corrected chi connectivity index (χ4v) is 4.57. The van der Waals surface area contributed by atoms with Gasteiger partial charge >= 0.3 is 5.69 Å². The van der Waals surface area contributed by atoms with Gasteiger partial charge in [-0.05, 0) is 32.1 Å². The van der Waals surface area contributed by atoms with Gasteiger partial charge in [-0.15, -0.1) is 0 Å². The number of carbonyl (C=O) groups is 1. The summed E-state index contributed by atoms with van der Waals surface area (Å²) in [6.07, 6.45) is 9.61. The second-order valence-electron chi connectivity index (χ2n) is 7.55. The molecule has 2 N–H and O–H groups in total. The third-order valence-corrected chi connectivity index (χ3v) is 5.97. The van der Waals surface area contributed by atoms with Crippen molar-refractivity contribution >= 4 is 5.91 Å². The number of amides is 1. The van der Waals surface area contributed by atoms with Crippen LogP contribution in [0.2, 0.25) is 0 Å². The highest BCUT2D eigenvalue weighted by Crippen LogP contribution is 2.33. The molecule has 4 rings (SSSR count). The topological polar surface area (TPSA) is 85.1 Å². The molecule has 0 spiro atoms. The van der Waals surface area contributed by atoms with Gasteiger partial charge in [0.05, 0.1) is 12.0 Å². The van der Waals surface area contributed by atoms with Crippen molar-refractivity contribution in [1.29, 1.82) is 0 Å². The lowest BCUT2D eigenvalue weighted by Crippen LogP contribution is -2.58. The lowest BCUT2D eigenvalue weighted by Gasteiger charge is -2.47. The number of aromatic amines is 2. The van der Waals surface area contributed by atoms with E-state index in [1.54, 1.807) is 0 Å². The molecule has 3 fully saturated rings. The number of rotatable bonds is 3. The van der Waals surface area contributed by atoms with Crippen LogP contribution in [0.5, 0.6) is 0 Å². The van der Waals surface area contributed by atoms with Crippen LogP contribution in [0.4, 0.5) is 0 Å². The maximum Gasteiger partial charge on any atom is 0.340 e. The van der Waals surface area contributed by atoms with Crippen LogP contribution in [-0.4, -0.2) is 56.6 Å². The first-order valence-corrected chi connectivity index (χ1v) is 9.41. The van der Waals surface area contributed by atoms with Crippen LogP contribution in [0.25, 0.3) is 0 Å². The van der Waals surface area contributed by atoms with E-state index in [9.17, 15) is 9.59 Å². The van der Waals surface area contributed by atoms with E-state index in [4.69, 9.17) is 0 Å². The Morgan fingerprint density at radius 3 is 2.50 bits per heavy atom. The fraction of sp³-hybridized carbons (Fsp3) is 0.824. The second-order valence-corrected chi connectivity index (χ2v) is 7.55. The Bertz CT molecular complexity index is 627. The lowest BCUT2D eigenvalue weighted by molar-refractivity contribution is -0.146. The van der Waals surface area contributed by atoms with Crippen LogP contribution >= 0.6 is 0 Å². The Kier molecular flexibility index (Phi) is 4.43. The summed E-state index contributed by atoms with van der Waals surface area (Å²) < 4.78 is 0. The van der Waals surface area contributed by atoms with Crippen molar-refractivity contribution in [3.63, 3.8) is 0 Å². The standard InChI is InChI=1S/C17H27N5O2/c23-16(12-10-21(11-12)13-6-2-1-3-7-13)22-9-5-4-8-14(22)15-18-17(24)20-19-15/h12-14H,1-11H2,(H2,18,19,20,24)/t14-/m1/s1. The molecular weight excluding hydrogens is 306 g/mol. The molecule has 24 heavy (non-hydrogen) atoms. The average molecular weight is 333 g/mol. The van der Waals surface area contributed by atoms with E-state index in [0.717, 1.165) is 38.9 Å². The number of hydrogen-bond donors (Lipinski definition) is 2. The van der Waals surface area contributed by atoms with E-state index in [2.05, 4.69) is 20.1 Å². The fourth-order valence-electron chi connectivity index (χ4n) is 4.57. The number of hydrogen-bond acceptors (Lipinski definition) is 4. The number of carbonyl (C=O) groups excluding carboxylic acids is 1. The molecule has 7 nitrogen and oxygen atoms in total. The number of piperidine rings is 1. The smallest absolute Gasteiger partial charge is 0.332 e. The van der Waals surface area contributed by atoms with Gasteiger partial charge in [-0.1, -0.05) is 19.3 Å². The van der Waals surface area contributed by atoms with Gasteiger partial charge in [0.1, 0.15) is 0 Å². The van der Waals surface area contributed by atoms with E-state index in [1.807, 2.05) is 4.90 Å². The van der Waals surface area contributed by atoms with Crippen molar-refractivity contribution in [3.05, 3.63) is 16.3 Å². The summed E-state index contributed by atoms with van der Waals surface area (Å²) in [4.78, 5) is 31.5. The molecule has 1 aliphatic carbocycles. The van der Waals surface area contributed by atoms with E-state index in [0.29, 0.717) is 11.9 Å². The van der Waals surface area contributed by atoms with Crippen molar-refractivity contribution in [3.8, 4) is 0 Å². The van der Waals surface area contributed by atoms with Gasteiger partial charge in [-0.3, -0.25) is 14.7 Å². The normalized spacial score (nSPS) is 27.2. The summed E-state index contributed by atoms with van der Waals surface area (Å²) in [5.41, 5.74) is -0.296. The molecular formula is C17H27N5O2. The van der Waals surface area contributed by atoms with E-state index >= 15 is 0 Å². The molecule has 1 aromatic heterocycles. The number of nitrogens with one attached hydrogen (secondary N) is 2. The summed E-state index contributed by atoms with van der Waals surface area (Å²) >= 11 is 0. The Morgan fingerprint density at radius 1 is 1.04 bits per heavy atom. The molecule has 1 amide bonds. The van der Waals surface area contributed by atoms with Gasteiger partial charge in [-0.25, -0.2) is 9.89 Å². The number of aromatic nitrogens is 3. The van der Waals surface area contributed by atoms with Gasteiger partial charge in [-0.2, -0.15) is 5.10 Å². The summed E-state index contributed by atoms with van der Waals surface area (Å²) in [6, 6.07) is 0.622. The van der Waals surface area contributed by atoms with Crippen LogP contribution < -0.4 is 5.69 Å². The molecule has 1 aromatic rings. The van der Waals surface area contributed by atoms with E-state index in [-0.39, 0.29) is 23.6 Å². The zero-order valence-corrected chi connectivity index (χ0v) is 14.2. The van der Waals surface area contributed by atoms with Crippen molar-refractivity contribution in [2.45, 2.75) is 63.5 Å². The Labute approximate surface area is 141 Å². The minimum atomic E-state index is -0.296. The molecule has 0 aromatic carbocycles. The number of nitrogens with zero attached hydrogens (tertiary/aromatic N) is 3. The first kappa shape index (κ1) is 15.9. The van der Waals surface area contributed by atoms with Gasteiger partial charge in [0.2, 0.25) is 5.91 Å². The van der Waals surface area contributed by atoms with Gasteiger partial charge in [0.15, 0.2) is 5.82 Å². The first-order chi connectivity index (χ1) is 11.7. The SMILES string of the molecule is O=C(C1CN(C2CCCCC2)C1)N1CCCC[C@@H]1c1n[nH]c(=O)[nH]1. The Hall–Kier alpha value is -1.63. The van der Waals surface area contributed by atoms with Crippen LogP contribution in [-0.2, 0) is 4.79 Å². The number of likely N-dealkylation sites (tertiary alicyclic amines) is 2. The van der Waals surface area contributed by atoms with Crippen molar-refractivity contribution < 1.29 is 4.79 Å². The Morgan fingerprint density at radius 2 is 1.79 bits per heavy atom. The van der Waals surface area contributed by atoms with E-state index in [1.165, 1.54) is 32.1 Å². The number of H-pyrrole nitrogens is 2. The van der Waals surface area contributed by atoms with Gasteiger partial charge in [0, 0.05) is 25.7 Å². The lowest BCUT2D eigenvalue weighted by atomic mass is 9.87. The molecule has 0 bridgehead atoms. The first-order valence-electron chi connectivity index (χ1n) is 9.41. The quantitative estimate of drug-likeness (QED) is 0.876. The van der Waals surface area contributed by atoms with Crippen LogP contribution in [0.1, 0.15) is 63.2 Å². The zero-order valence-electron chi connectivity index (χ0n) is 14.2. The van der Waals surface area contributed by atoms with Crippen molar-refractivity contribution in [2.75, 3.05) is 19.6 Å². The molecule has 0 radical (unpaired) electrons. The summed E-state index contributed by atoms with van der Waals surface area (Å²) in [5.74, 6) is 0.977. The molecule has 2 aliphatic heterocycles. The predicted molar refractivity (Wildman–Crippen MR) is 89.4 cm³/mol. The average Bonchev–Trinajstić information content (AvgIpc) is 3.01. The maximum absolute atomic E-state index is 13.0. The van der Waals surface area contributed by atoms with Crippen LogP contribution in [0, 0.1) is 5.92 Å². The largest absolute Gasteiger partial charge is 0.340 e. The second kappa shape index (κ2) is 6.70.